The minimum atomic E-state index is -3.65. The van der Waals surface area contributed by atoms with Gasteiger partial charge in [0.1, 0.15) is 10.6 Å². The van der Waals surface area contributed by atoms with Gasteiger partial charge in [-0.1, -0.05) is 17.7 Å². The highest BCUT2D eigenvalue weighted by Gasteiger charge is 2.33. The van der Waals surface area contributed by atoms with Crippen molar-refractivity contribution in [2.45, 2.75) is 32.4 Å². The molecule has 4 rings (SSSR count). The third-order valence-corrected chi connectivity index (χ3v) is 7.88. The highest BCUT2D eigenvalue weighted by atomic mass is 32.2. The lowest BCUT2D eigenvalue weighted by molar-refractivity contribution is 0.0690. The molecule has 0 atom stereocenters. The zero-order valence-corrected chi connectivity index (χ0v) is 20.0. The van der Waals surface area contributed by atoms with Crippen molar-refractivity contribution in [2.75, 3.05) is 26.2 Å². The van der Waals surface area contributed by atoms with Crippen LogP contribution in [0.2, 0.25) is 0 Å². The van der Waals surface area contributed by atoms with Crippen LogP contribution < -0.4 is 4.74 Å². The van der Waals surface area contributed by atoms with Gasteiger partial charge in [-0.2, -0.15) is 14.5 Å². The molecule has 176 valence electrons. The van der Waals surface area contributed by atoms with Gasteiger partial charge in [-0.3, -0.25) is 9.48 Å². The number of hydrogen-bond acceptors (Lipinski definition) is 6. The van der Waals surface area contributed by atoms with Crippen molar-refractivity contribution in [1.29, 1.82) is 0 Å². The summed E-state index contributed by atoms with van der Waals surface area (Å²) in [6.07, 6.45) is 3.07. The summed E-state index contributed by atoms with van der Waals surface area (Å²) in [4.78, 5) is 14.7. The van der Waals surface area contributed by atoms with Crippen LogP contribution in [0.5, 0.6) is 5.75 Å². The molecule has 0 bridgehead atoms. The lowest BCUT2D eigenvalue weighted by atomic mass is 10.1. The summed E-state index contributed by atoms with van der Waals surface area (Å²) in [5.41, 5.74) is 3.09. The first kappa shape index (κ1) is 23.0. The molecule has 1 saturated heterocycles. The SMILES string of the molecule is Cc1ccc(OCn2ccc(C(=O)N3CCN(S(=O)(=O)c4cnn(C)c4C)CC3)n2)c(C)c1. The molecule has 0 N–H and O–H groups in total. The number of ether oxygens (including phenoxy) is 1. The molecule has 1 amide bonds. The number of aryl methyl sites for hydroxylation is 3. The summed E-state index contributed by atoms with van der Waals surface area (Å²) < 4.78 is 36.2. The molecular weight excluding hydrogens is 444 g/mol. The van der Waals surface area contributed by atoms with E-state index >= 15 is 0 Å². The highest BCUT2D eigenvalue weighted by molar-refractivity contribution is 7.89. The second kappa shape index (κ2) is 8.99. The van der Waals surface area contributed by atoms with Gasteiger partial charge in [0.15, 0.2) is 12.4 Å². The number of benzene rings is 1. The first-order valence-corrected chi connectivity index (χ1v) is 12.1. The molecule has 10 nitrogen and oxygen atoms in total. The van der Waals surface area contributed by atoms with Gasteiger partial charge in [0.25, 0.3) is 5.91 Å². The average Bonchev–Trinajstić information content (AvgIpc) is 3.40. The number of aromatic nitrogens is 4. The Morgan fingerprint density at radius 2 is 1.82 bits per heavy atom. The van der Waals surface area contributed by atoms with Crippen molar-refractivity contribution in [3.63, 3.8) is 0 Å². The quantitative estimate of drug-likeness (QED) is 0.541. The fourth-order valence-electron chi connectivity index (χ4n) is 3.81. The van der Waals surface area contributed by atoms with E-state index in [4.69, 9.17) is 4.74 Å². The maximum atomic E-state index is 12.9. The van der Waals surface area contributed by atoms with Crippen LogP contribution in [0, 0.1) is 20.8 Å². The smallest absolute Gasteiger partial charge is 0.274 e. The van der Waals surface area contributed by atoms with Crippen molar-refractivity contribution in [1.82, 2.24) is 28.8 Å². The standard InChI is InChI=1S/C22H28N6O4S/c1-16-5-6-20(17(2)13-16)32-15-27-8-7-19(24-27)22(29)26-9-11-28(12-10-26)33(30,31)21-14-23-25(4)18(21)3/h5-8,13-14H,9-12,15H2,1-4H3. The third kappa shape index (κ3) is 4.64. The van der Waals surface area contributed by atoms with Gasteiger partial charge >= 0.3 is 0 Å². The molecule has 1 fully saturated rings. The molecule has 3 aromatic rings. The maximum absolute atomic E-state index is 12.9. The third-order valence-electron chi connectivity index (χ3n) is 5.88. The first-order chi connectivity index (χ1) is 15.7. The minimum Gasteiger partial charge on any atom is -0.471 e. The largest absolute Gasteiger partial charge is 0.471 e. The monoisotopic (exact) mass is 472 g/mol. The van der Waals surface area contributed by atoms with E-state index < -0.39 is 10.0 Å². The van der Waals surface area contributed by atoms with Crippen LogP contribution in [-0.4, -0.2) is 69.3 Å². The second-order valence-electron chi connectivity index (χ2n) is 8.20. The highest BCUT2D eigenvalue weighted by Crippen LogP contribution is 2.21. The summed E-state index contributed by atoms with van der Waals surface area (Å²) in [7, 11) is -1.94. The molecule has 0 aliphatic carbocycles. The van der Waals surface area contributed by atoms with Crippen LogP contribution in [0.1, 0.15) is 27.3 Å². The van der Waals surface area contributed by atoms with Crippen LogP contribution >= 0.6 is 0 Å². The number of carbonyl (C=O) groups is 1. The van der Waals surface area contributed by atoms with E-state index in [1.54, 1.807) is 35.8 Å². The number of sulfonamides is 1. The van der Waals surface area contributed by atoms with Crippen molar-refractivity contribution in [3.05, 3.63) is 59.2 Å². The summed E-state index contributed by atoms with van der Waals surface area (Å²) in [6, 6.07) is 7.59. The number of hydrogen-bond donors (Lipinski definition) is 0. The zero-order chi connectivity index (χ0) is 23.8. The maximum Gasteiger partial charge on any atom is 0.274 e. The van der Waals surface area contributed by atoms with E-state index in [0.29, 0.717) is 24.5 Å². The van der Waals surface area contributed by atoms with Crippen LogP contribution in [-0.2, 0) is 23.8 Å². The molecule has 1 aromatic carbocycles. The number of nitrogens with zero attached hydrogens (tertiary/aromatic N) is 6. The lowest BCUT2D eigenvalue weighted by Gasteiger charge is -2.33. The fourth-order valence-corrected chi connectivity index (χ4v) is 5.42. The van der Waals surface area contributed by atoms with Gasteiger partial charge in [0.05, 0.1) is 11.9 Å². The van der Waals surface area contributed by atoms with Gasteiger partial charge in [-0.05, 0) is 38.5 Å². The summed E-state index contributed by atoms with van der Waals surface area (Å²) in [5, 5.41) is 8.37. The molecule has 11 heteroatoms. The Kier molecular flexibility index (Phi) is 6.26. The Balaban J connectivity index is 1.35. The van der Waals surface area contributed by atoms with Crippen LogP contribution in [0.3, 0.4) is 0 Å². The molecular formula is C22H28N6O4S. The lowest BCUT2D eigenvalue weighted by Crippen LogP contribution is -2.50. The average molecular weight is 473 g/mol. The Morgan fingerprint density at radius 1 is 1.09 bits per heavy atom. The van der Waals surface area contributed by atoms with Crippen LogP contribution in [0.15, 0.2) is 41.6 Å². The Labute approximate surface area is 193 Å². The van der Waals surface area contributed by atoms with E-state index in [1.165, 1.54) is 15.2 Å². The number of piperazine rings is 1. The normalized spacial score (nSPS) is 15.1. The molecule has 0 unspecified atom stereocenters. The van der Waals surface area contributed by atoms with E-state index in [9.17, 15) is 13.2 Å². The van der Waals surface area contributed by atoms with E-state index in [0.717, 1.165) is 16.9 Å². The number of carbonyl (C=O) groups excluding carboxylic acids is 1. The summed E-state index contributed by atoms with van der Waals surface area (Å²) >= 11 is 0. The van der Waals surface area contributed by atoms with Gasteiger partial charge in [-0.15, -0.1) is 0 Å². The molecule has 1 aliphatic rings. The summed E-state index contributed by atoms with van der Waals surface area (Å²) in [5.74, 6) is 0.542. The Hall–Kier alpha value is -3.18. The molecule has 0 spiro atoms. The van der Waals surface area contributed by atoms with Gasteiger partial charge in [0.2, 0.25) is 10.0 Å². The van der Waals surface area contributed by atoms with E-state index in [2.05, 4.69) is 10.2 Å². The number of rotatable bonds is 6. The minimum absolute atomic E-state index is 0.188. The van der Waals surface area contributed by atoms with Crippen LogP contribution in [0.25, 0.3) is 0 Å². The first-order valence-electron chi connectivity index (χ1n) is 10.7. The molecule has 0 radical (unpaired) electrons. The Bertz CT molecular complexity index is 1270. The topological polar surface area (TPSA) is 103 Å². The van der Waals surface area contributed by atoms with Crippen molar-refractivity contribution in [3.8, 4) is 5.75 Å². The number of amides is 1. The van der Waals surface area contributed by atoms with E-state index in [-0.39, 0.29) is 30.6 Å². The van der Waals surface area contributed by atoms with Crippen molar-refractivity contribution < 1.29 is 17.9 Å². The second-order valence-corrected chi connectivity index (χ2v) is 10.1. The Morgan fingerprint density at radius 3 is 2.45 bits per heavy atom. The summed E-state index contributed by atoms with van der Waals surface area (Å²) in [6.45, 7) is 6.95. The molecule has 1 aliphatic heterocycles. The fraction of sp³-hybridized carbons (Fsp3) is 0.409. The van der Waals surface area contributed by atoms with Gasteiger partial charge in [0, 0.05) is 39.4 Å². The molecule has 33 heavy (non-hydrogen) atoms. The molecule has 3 heterocycles. The van der Waals surface area contributed by atoms with Gasteiger partial charge < -0.3 is 9.64 Å². The van der Waals surface area contributed by atoms with E-state index in [1.807, 2.05) is 32.0 Å². The zero-order valence-electron chi connectivity index (χ0n) is 19.2. The predicted octanol–water partition coefficient (Wildman–Crippen LogP) is 1.73. The molecule has 2 aromatic heterocycles. The predicted molar refractivity (Wildman–Crippen MR) is 121 cm³/mol. The molecule has 0 saturated carbocycles. The van der Waals surface area contributed by atoms with Crippen molar-refractivity contribution in [2.24, 2.45) is 7.05 Å². The van der Waals surface area contributed by atoms with Gasteiger partial charge in [-0.25, -0.2) is 13.1 Å². The van der Waals surface area contributed by atoms with Crippen LogP contribution in [0.4, 0.5) is 0 Å². The van der Waals surface area contributed by atoms with Crippen molar-refractivity contribution >= 4 is 15.9 Å².